The molecule has 0 radical (unpaired) electrons. The quantitative estimate of drug-likeness (QED) is 0.706. The molecule has 0 aromatic carbocycles. The molecule has 96 valence electrons. The molecule has 18 heavy (non-hydrogen) atoms. The highest BCUT2D eigenvalue weighted by Crippen LogP contribution is 2.32. The van der Waals surface area contributed by atoms with E-state index in [-0.39, 0.29) is 6.04 Å². The fourth-order valence-corrected chi connectivity index (χ4v) is 3.65. The predicted octanol–water partition coefficient (Wildman–Crippen LogP) is 5.69. The molecule has 2 aromatic heterocycles. The molecular formula is C12H11BrCl2N2S. The first kappa shape index (κ1) is 14.1. The van der Waals surface area contributed by atoms with Crippen LogP contribution in [0.1, 0.15) is 23.4 Å². The van der Waals surface area contributed by atoms with Crippen molar-refractivity contribution in [1.29, 1.82) is 0 Å². The van der Waals surface area contributed by atoms with Gasteiger partial charge in [-0.3, -0.25) is 0 Å². The van der Waals surface area contributed by atoms with Crippen LogP contribution in [-0.4, -0.2) is 4.98 Å². The summed E-state index contributed by atoms with van der Waals surface area (Å²) in [7, 11) is 0. The van der Waals surface area contributed by atoms with Crippen molar-refractivity contribution in [2.75, 3.05) is 5.32 Å². The molecule has 6 heteroatoms. The van der Waals surface area contributed by atoms with Gasteiger partial charge in [0.15, 0.2) is 5.15 Å². The van der Waals surface area contributed by atoms with Crippen LogP contribution < -0.4 is 5.32 Å². The fraction of sp³-hybridized carbons (Fsp3) is 0.250. The van der Waals surface area contributed by atoms with E-state index in [1.165, 1.54) is 4.88 Å². The van der Waals surface area contributed by atoms with E-state index in [1.54, 1.807) is 17.4 Å². The van der Waals surface area contributed by atoms with Crippen molar-refractivity contribution in [2.45, 2.75) is 19.9 Å². The van der Waals surface area contributed by atoms with Crippen LogP contribution in [0.2, 0.25) is 10.3 Å². The van der Waals surface area contributed by atoms with Crippen molar-refractivity contribution in [3.05, 3.63) is 42.7 Å². The van der Waals surface area contributed by atoms with Gasteiger partial charge in [0.1, 0.15) is 5.15 Å². The predicted molar refractivity (Wildman–Crippen MR) is 83.1 cm³/mol. The molecule has 2 rings (SSSR count). The van der Waals surface area contributed by atoms with Crippen LogP contribution in [0.3, 0.4) is 0 Å². The largest absolute Gasteiger partial charge is 0.375 e. The Hall–Kier alpha value is -0.290. The molecule has 0 aliphatic rings. The molecule has 0 amide bonds. The molecule has 1 unspecified atom stereocenters. The summed E-state index contributed by atoms with van der Waals surface area (Å²) in [5.74, 6) is 0. The van der Waals surface area contributed by atoms with Gasteiger partial charge in [-0.2, -0.15) is 0 Å². The van der Waals surface area contributed by atoms with Gasteiger partial charge in [-0.1, -0.05) is 23.2 Å². The summed E-state index contributed by atoms with van der Waals surface area (Å²) >= 11 is 17.1. The lowest BCUT2D eigenvalue weighted by Crippen LogP contribution is -2.07. The fourth-order valence-electron chi connectivity index (χ4n) is 1.61. The maximum absolute atomic E-state index is 6.11. The average molecular weight is 366 g/mol. The Morgan fingerprint density at radius 2 is 2.11 bits per heavy atom. The maximum Gasteiger partial charge on any atom is 0.154 e. The number of pyridine rings is 1. The molecule has 1 atom stereocenters. The first-order valence-electron chi connectivity index (χ1n) is 5.30. The average Bonchev–Trinajstić information content (AvgIpc) is 2.70. The van der Waals surface area contributed by atoms with Crippen molar-refractivity contribution in [3.8, 4) is 0 Å². The van der Waals surface area contributed by atoms with E-state index >= 15 is 0 Å². The van der Waals surface area contributed by atoms with Gasteiger partial charge < -0.3 is 5.32 Å². The zero-order valence-electron chi connectivity index (χ0n) is 9.80. The molecule has 0 aliphatic heterocycles. The second-order valence-corrected chi connectivity index (χ2v) is 6.56. The van der Waals surface area contributed by atoms with Gasteiger partial charge in [-0.25, -0.2) is 4.98 Å². The number of hydrogen-bond donors (Lipinski definition) is 1. The lowest BCUT2D eigenvalue weighted by atomic mass is 10.2. The van der Waals surface area contributed by atoms with E-state index in [1.807, 2.05) is 6.92 Å². The van der Waals surface area contributed by atoms with Crippen LogP contribution in [0, 0.1) is 6.92 Å². The van der Waals surface area contributed by atoms with Crippen LogP contribution >= 0.6 is 50.5 Å². The molecule has 0 aliphatic carbocycles. The zero-order chi connectivity index (χ0) is 13.3. The van der Waals surface area contributed by atoms with Gasteiger partial charge in [0, 0.05) is 14.7 Å². The normalized spacial score (nSPS) is 12.5. The number of aryl methyl sites for hydroxylation is 1. The minimum Gasteiger partial charge on any atom is -0.375 e. The van der Waals surface area contributed by atoms with Gasteiger partial charge in [0.25, 0.3) is 0 Å². The van der Waals surface area contributed by atoms with Crippen molar-refractivity contribution in [1.82, 2.24) is 4.98 Å². The third-order valence-corrected chi connectivity index (χ3v) is 4.86. The number of rotatable bonds is 3. The van der Waals surface area contributed by atoms with E-state index < -0.39 is 0 Å². The molecule has 0 bridgehead atoms. The second kappa shape index (κ2) is 5.78. The van der Waals surface area contributed by atoms with Crippen LogP contribution in [0.15, 0.2) is 22.0 Å². The van der Waals surface area contributed by atoms with E-state index in [0.717, 1.165) is 15.7 Å². The highest BCUT2D eigenvalue weighted by molar-refractivity contribution is 9.10. The first-order valence-corrected chi connectivity index (χ1v) is 7.73. The second-order valence-electron chi connectivity index (χ2n) is 3.96. The number of nitrogens with zero attached hydrogens (tertiary/aromatic N) is 1. The zero-order valence-corrected chi connectivity index (χ0v) is 13.7. The standard InChI is InChI=1S/C12H11BrCl2N2S/c1-6-3-10(14)17-12(15)11(6)16-7(2)9-4-8(13)5-18-9/h3-5,7,16H,1-2H3. The van der Waals surface area contributed by atoms with Crippen LogP contribution in [0.5, 0.6) is 0 Å². The molecule has 2 nitrogen and oxygen atoms in total. The molecule has 0 saturated heterocycles. The summed E-state index contributed by atoms with van der Waals surface area (Å²) in [4.78, 5) is 5.28. The highest BCUT2D eigenvalue weighted by Gasteiger charge is 2.13. The van der Waals surface area contributed by atoms with E-state index in [0.29, 0.717) is 10.3 Å². The number of aromatic nitrogens is 1. The SMILES string of the molecule is Cc1cc(Cl)nc(Cl)c1NC(C)c1cc(Br)cs1. The minimum atomic E-state index is 0.167. The topological polar surface area (TPSA) is 24.9 Å². The Labute approximate surface area is 128 Å². The summed E-state index contributed by atoms with van der Waals surface area (Å²) in [6.45, 7) is 4.04. The van der Waals surface area contributed by atoms with Gasteiger partial charge in [-0.15, -0.1) is 11.3 Å². The number of nitrogens with one attached hydrogen (secondary N) is 1. The minimum absolute atomic E-state index is 0.167. The van der Waals surface area contributed by atoms with Crippen molar-refractivity contribution in [3.63, 3.8) is 0 Å². The van der Waals surface area contributed by atoms with Crippen LogP contribution in [0.4, 0.5) is 5.69 Å². The monoisotopic (exact) mass is 364 g/mol. The molecule has 0 saturated carbocycles. The number of anilines is 1. The summed E-state index contributed by atoms with van der Waals surface area (Å²) in [6.07, 6.45) is 0. The number of hydrogen-bond acceptors (Lipinski definition) is 3. The molecular weight excluding hydrogens is 355 g/mol. The van der Waals surface area contributed by atoms with E-state index in [4.69, 9.17) is 23.2 Å². The van der Waals surface area contributed by atoms with Gasteiger partial charge in [0.05, 0.1) is 11.7 Å². The van der Waals surface area contributed by atoms with Gasteiger partial charge in [-0.05, 0) is 47.5 Å². The first-order chi connectivity index (χ1) is 8.47. The third kappa shape index (κ3) is 3.18. The summed E-state index contributed by atoms with van der Waals surface area (Å²) < 4.78 is 1.09. The molecule has 2 aromatic rings. The highest BCUT2D eigenvalue weighted by atomic mass is 79.9. The van der Waals surface area contributed by atoms with E-state index in [9.17, 15) is 0 Å². The molecule has 2 heterocycles. The smallest absolute Gasteiger partial charge is 0.154 e. The number of thiophene rings is 1. The summed E-state index contributed by atoms with van der Waals surface area (Å²) in [6, 6.07) is 4.06. The Balaban J connectivity index is 2.24. The molecule has 0 fully saturated rings. The third-order valence-electron chi connectivity index (χ3n) is 2.52. The van der Waals surface area contributed by atoms with Crippen LogP contribution in [-0.2, 0) is 0 Å². The lowest BCUT2D eigenvalue weighted by Gasteiger charge is -2.16. The van der Waals surface area contributed by atoms with Crippen molar-refractivity contribution < 1.29 is 0 Å². The van der Waals surface area contributed by atoms with E-state index in [2.05, 4.69) is 44.6 Å². The van der Waals surface area contributed by atoms with Crippen molar-refractivity contribution in [2.24, 2.45) is 0 Å². The summed E-state index contributed by atoms with van der Waals surface area (Å²) in [5.41, 5.74) is 1.82. The maximum atomic E-state index is 6.11. The Bertz CT molecular complexity index is 548. The Morgan fingerprint density at radius 1 is 1.39 bits per heavy atom. The molecule has 0 spiro atoms. The molecule has 1 N–H and O–H groups in total. The van der Waals surface area contributed by atoms with Crippen LogP contribution in [0.25, 0.3) is 0 Å². The lowest BCUT2D eigenvalue weighted by molar-refractivity contribution is 0.902. The Kier molecular flexibility index (Phi) is 4.54. The van der Waals surface area contributed by atoms with Gasteiger partial charge in [0.2, 0.25) is 0 Å². The van der Waals surface area contributed by atoms with Gasteiger partial charge >= 0.3 is 0 Å². The number of halogens is 3. The Morgan fingerprint density at radius 3 is 2.67 bits per heavy atom. The van der Waals surface area contributed by atoms with Crippen molar-refractivity contribution >= 4 is 56.2 Å². The summed E-state index contributed by atoms with van der Waals surface area (Å²) in [5, 5.41) is 6.25.